The third-order valence-corrected chi connectivity index (χ3v) is 4.29. The first-order valence-electron chi connectivity index (χ1n) is 7.66. The number of carbonyl (C=O) groups excluding carboxylic acids is 2. The largest absolute Gasteiger partial charge is 0.485 e. The quantitative estimate of drug-likeness (QED) is 0.831. The highest BCUT2D eigenvalue weighted by molar-refractivity contribution is 5.90. The first-order chi connectivity index (χ1) is 10.7. The van der Waals surface area contributed by atoms with E-state index < -0.39 is 6.10 Å². The number of benzene rings is 1. The zero-order valence-corrected chi connectivity index (χ0v) is 12.2. The van der Waals surface area contributed by atoms with Crippen molar-refractivity contribution in [2.24, 2.45) is 5.92 Å². The van der Waals surface area contributed by atoms with Gasteiger partial charge in [0.05, 0.1) is 6.67 Å². The summed E-state index contributed by atoms with van der Waals surface area (Å²) < 4.78 is 11.3. The molecule has 3 aliphatic rings. The zero-order valence-electron chi connectivity index (χ0n) is 12.2. The lowest BCUT2D eigenvalue weighted by Gasteiger charge is -2.28. The molecule has 2 aliphatic heterocycles. The molecular weight excluding hydrogens is 284 g/mol. The Morgan fingerprint density at radius 3 is 2.77 bits per heavy atom. The van der Waals surface area contributed by atoms with Crippen LogP contribution in [0.25, 0.3) is 0 Å². The fourth-order valence-electron chi connectivity index (χ4n) is 2.86. The van der Waals surface area contributed by atoms with Crippen molar-refractivity contribution in [3.8, 4) is 11.5 Å². The molecule has 0 unspecified atom stereocenters. The molecule has 0 aromatic heterocycles. The van der Waals surface area contributed by atoms with Gasteiger partial charge in [-0.1, -0.05) is 12.1 Å². The van der Waals surface area contributed by atoms with Crippen molar-refractivity contribution < 1.29 is 19.1 Å². The predicted octanol–water partition coefficient (Wildman–Crippen LogP) is 0.865. The van der Waals surface area contributed by atoms with Crippen molar-refractivity contribution in [1.82, 2.24) is 9.80 Å². The molecular formula is C16H18N2O4. The topological polar surface area (TPSA) is 59.1 Å². The van der Waals surface area contributed by atoms with Crippen molar-refractivity contribution in [2.75, 3.05) is 26.4 Å². The molecule has 22 heavy (non-hydrogen) atoms. The van der Waals surface area contributed by atoms with Crippen molar-refractivity contribution in [3.63, 3.8) is 0 Å². The molecule has 4 rings (SSSR count). The van der Waals surface area contributed by atoms with Gasteiger partial charge in [0.1, 0.15) is 13.2 Å². The van der Waals surface area contributed by atoms with E-state index in [1.165, 1.54) is 12.8 Å². The lowest BCUT2D eigenvalue weighted by Crippen LogP contribution is -2.46. The third-order valence-electron chi connectivity index (χ3n) is 4.29. The monoisotopic (exact) mass is 302 g/mol. The van der Waals surface area contributed by atoms with Crippen LogP contribution in [0.1, 0.15) is 12.8 Å². The van der Waals surface area contributed by atoms with E-state index in [1.807, 2.05) is 18.2 Å². The molecule has 6 heteroatoms. The molecule has 2 amide bonds. The maximum absolute atomic E-state index is 12.5. The molecule has 0 N–H and O–H groups in total. The second-order valence-electron chi connectivity index (χ2n) is 6.10. The highest BCUT2D eigenvalue weighted by atomic mass is 16.6. The van der Waals surface area contributed by atoms with Gasteiger partial charge in [-0.25, -0.2) is 0 Å². The van der Waals surface area contributed by atoms with Crippen LogP contribution in [0.2, 0.25) is 0 Å². The summed E-state index contributed by atoms with van der Waals surface area (Å²) in [5.41, 5.74) is 0. The minimum Gasteiger partial charge on any atom is -0.485 e. The van der Waals surface area contributed by atoms with E-state index in [0.29, 0.717) is 24.1 Å². The minimum atomic E-state index is -0.677. The molecule has 116 valence electrons. The summed E-state index contributed by atoms with van der Waals surface area (Å²) in [6.45, 7) is 1.47. The molecule has 1 aromatic rings. The Hall–Kier alpha value is -2.24. The first kappa shape index (κ1) is 13.4. The number of fused-ring (bicyclic) bond motifs is 1. The Morgan fingerprint density at radius 2 is 2.00 bits per heavy atom. The number of amides is 2. The number of carbonyl (C=O) groups is 2. The summed E-state index contributed by atoms with van der Waals surface area (Å²) in [5.74, 6) is 1.70. The molecule has 1 atom stereocenters. The fourth-order valence-corrected chi connectivity index (χ4v) is 2.86. The molecule has 1 aromatic carbocycles. The van der Waals surface area contributed by atoms with Gasteiger partial charge in [0.15, 0.2) is 11.5 Å². The summed E-state index contributed by atoms with van der Waals surface area (Å²) in [6, 6.07) is 7.29. The Kier molecular flexibility index (Phi) is 3.17. The van der Waals surface area contributed by atoms with Crippen molar-refractivity contribution in [1.29, 1.82) is 0 Å². The fraction of sp³-hybridized carbons (Fsp3) is 0.500. The van der Waals surface area contributed by atoms with E-state index in [2.05, 4.69) is 0 Å². The Morgan fingerprint density at radius 1 is 1.23 bits per heavy atom. The van der Waals surface area contributed by atoms with Gasteiger partial charge in [-0.3, -0.25) is 9.59 Å². The second-order valence-corrected chi connectivity index (χ2v) is 6.10. The minimum absolute atomic E-state index is 0.0253. The second kappa shape index (κ2) is 5.19. The van der Waals surface area contributed by atoms with Gasteiger partial charge in [-0.15, -0.1) is 0 Å². The van der Waals surface area contributed by atoms with Crippen molar-refractivity contribution in [2.45, 2.75) is 18.9 Å². The molecule has 2 fully saturated rings. The van der Waals surface area contributed by atoms with Crippen molar-refractivity contribution in [3.05, 3.63) is 24.3 Å². The molecule has 6 nitrogen and oxygen atoms in total. The molecule has 0 radical (unpaired) electrons. The van der Waals surface area contributed by atoms with Crippen LogP contribution in [-0.4, -0.2) is 54.1 Å². The number of para-hydroxylation sites is 2. The maximum Gasteiger partial charge on any atom is 0.269 e. The van der Waals surface area contributed by atoms with Crippen LogP contribution in [-0.2, 0) is 9.59 Å². The van der Waals surface area contributed by atoms with Crippen LogP contribution in [0, 0.1) is 5.92 Å². The van der Waals surface area contributed by atoms with E-state index >= 15 is 0 Å². The smallest absolute Gasteiger partial charge is 0.269 e. The summed E-state index contributed by atoms with van der Waals surface area (Å²) in [6.07, 6.45) is 1.70. The van der Waals surface area contributed by atoms with E-state index in [4.69, 9.17) is 9.47 Å². The number of ether oxygens (including phenoxy) is 2. The van der Waals surface area contributed by atoms with E-state index in [0.717, 1.165) is 6.54 Å². The zero-order chi connectivity index (χ0) is 15.1. The van der Waals surface area contributed by atoms with Crippen LogP contribution in [0.3, 0.4) is 0 Å². The number of rotatable bonds is 3. The molecule has 0 bridgehead atoms. The van der Waals surface area contributed by atoms with Gasteiger partial charge in [0.25, 0.3) is 5.91 Å². The van der Waals surface area contributed by atoms with Crippen LogP contribution in [0.4, 0.5) is 0 Å². The summed E-state index contributed by atoms with van der Waals surface area (Å²) >= 11 is 0. The normalized spacial score (nSPS) is 23.8. The maximum atomic E-state index is 12.5. The van der Waals surface area contributed by atoms with E-state index in [-0.39, 0.29) is 25.0 Å². The number of hydrogen-bond acceptors (Lipinski definition) is 4. The highest BCUT2D eigenvalue weighted by Crippen LogP contribution is 2.32. The Labute approximate surface area is 128 Å². The summed E-state index contributed by atoms with van der Waals surface area (Å²) in [4.78, 5) is 27.9. The number of nitrogens with zero attached hydrogens (tertiary/aromatic N) is 2. The molecule has 1 aliphatic carbocycles. The highest BCUT2D eigenvalue weighted by Gasteiger charge is 2.38. The first-order valence-corrected chi connectivity index (χ1v) is 7.66. The molecule has 1 saturated heterocycles. The Bertz CT molecular complexity index is 614. The van der Waals surface area contributed by atoms with Crippen LogP contribution in [0.15, 0.2) is 24.3 Å². The van der Waals surface area contributed by atoms with Gasteiger partial charge >= 0.3 is 0 Å². The van der Waals surface area contributed by atoms with E-state index in [1.54, 1.807) is 15.9 Å². The van der Waals surface area contributed by atoms with Crippen LogP contribution >= 0.6 is 0 Å². The summed E-state index contributed by atoms with van der Waals surface area (Å²) in [7, 11) is 0. The van der Waals surface area contributed by atoms with Gasteiger partial charge in [0.2, 0.25) is 12.0 Å². The van der Waals surface area contributed by atoms with E-state index in [9.17, 15) is 9.59 Å². The van der Waals surface area contributed by atoms with Crippen LogP contribution < -0.4 is 9.47 Å². The molecule has 0 spiro atoms. The third kappa shape index (κ3) is 2.49. The van der Waals surface area contributed by atoms with Gasteiger partial charge in [0, 0.05) is 6.54 Å². The lowest BCUT2D eigenvalue weighted by atomic mass is 10.2. The molecule has 2 heterocycles. The van der Waals surface area contributed by atoms with Crippen molar-refractivity contribution >= 4 is 11.8 Å². The van der Waals surface area contributed by atoms with Gasteiger partial charge in [-0.2, -0.15) is 0 Å². The van der Waals surface area contributed by atoms with Gasteiger partial charge < -0.3 is 19.3 Å². The average Bonchev–Trinajstić information content (AvgIpc) is 3.29. The standard InChI is InChI=1S/C16H18N2O4/c19-15-8-18(10-17(15)7-11-5-6-11)16(20)14-9-21-12-3-1-2-4-13(12)22-14/h1-4,11,14H,5-10H2/t14-/m0/s1. The lowest BCUT2D eigenvalue weighted by molar-refractivity contribution is -0.141. The van der Waals surface area contributed by atoms with Gasteiger partial charge in [-0.05, 0) is 30.9 Å². The Balaban J connectivity index is 1.41. The van der Waals surface area contributed by atoms with Crippen LogP contribution in [0.5, 0.6) is 11.5 Å². The predicted molar refractivity (Wildman–Crippen MR) is 77.4 cm³/mol. The number of hydrogen-bond donors (Lipinski definition) is 0. The molecule has 1 saturated carbocycles. The summed E-state index contributed by atoms with van der Waals surface area (Å²) in [5, 5.41) is 0. The average molecular weight is 302 g/mol. The SMILES string of the molecule is O=C1CN(C(=O)[C@@H]2COc3ccccc3O2)CN1CC1CC1.